The molecule has 2 aliphatic heterocycles. The van der Waals surface area contributed by atoms with Gasteiger partial charge in [-0.25, -0.2) is 0 Å². The number of hydrogen-bond donors (Lipinski definition) is 1. The standard InChI is InChI=1S/C27H36N2O2/c1-19-7-6-12-27(2)16-25-22(15-24(19)27)23(26(30)31-25)17-28-21-10-13-29(14-11-21)18-20-8-4-3-5-9-20/h3-5,7-9,15,21-23,25,28H,6,10-14,16-18H2,1-2H3. The summed E-state index contributed by atoms with van der Waals surface area (Å²) >= 11 is 0. The lowest BCUT2D eigenvalue weighted by molar-refractivity contribution is -0.145. The minimum atomic E-state index is -0.0425. The zero-order valence-corrected chi connectivity index (χ0v) is 19.0. The highest BCUT2D eigenvalue weighted by Crippen LogP contribution is 2.52. The number of allylic oxidation sites excluding steroid dienone is 3. The predicted octanol–water partition coefficient (Wildman–Crippen LogP) is 4.47. The molecule has 2 aliphatic carbocycles. The van der Waals surface area contributed by atoms with Gasteiger partial charge in [-0.05, 0) is 68.7 Å². The number of carbonyl (C=O) groups is 1. The van der Waals surface area contributed by atoms with E-state index >= 15 is 0 Å². The molecule has 31 heavy (non-hydrogen) atoms. The highest BCUT2D eigenvalue weighted by molar-refractivity contribution is 5.76. The molecule has 0 amide bonds. The Morgan fingerprint density at radius 2 is 1.97 bits per heavy atom. The van der Waals surface area contributed by atoms with Gasteiger partial charge in [-0.2, -0.15) is 0 Å². The summed E-state index contributed by atoms with van der Waals surface area (Å²) in [6.07, 6.45) is 10.4. The molecule has 0 saturated carbocycles. The molecule has 4 nitrogen and oxygen atoms in total. The molecule has 1 aromatic rings. The van der Waals surface area contributed by atoms with Crippen LogP contribution in [0.25, 0.3) is 0 Å². The van der Waals surface area contributed by atoms with Crippen LogP contribution in [-0.2, 0) is 16.1 Å². The van der Waals surface area contributed by atoms with E-state index in [1.807, 2.05) is 0 Å². The molecular weight excluding hydrogens is 384 g/mol. The topological polar surface area (TPSA) is 41.6 Å². The van der Waals surface area contributed by atoms with Crippen molar-refractivity contribution in [1.29, 1.82) is 0 Å². The Morgan fingerprint density at radius 3 is 2.74 bits per heavy atom. The largest absolute Gasteiger partial charge is 0.461 e. The molecule has 166 valence electrons. The van der Waals surface area contributed by atoms with Crippen LogP contribution < -0.4 is 5.32 Å². The molecular formula is C27H36N2O2. The number of nitrogens with one attached hydrogen (secondary N) is 1. The van der Waals surface area contributed by atoms with E-state index in [0.717, 1.165) is 51.9 Å². The van der Waals surface area contributed by atoms with Crippen molar-refractivity contribution >= 4 is 5.97 Å². The SMILES string of the molecule is CC1=CCCC2(C)CC3OC(=O)C(CNC4CCN(Cc5ccccc5)CC4)C3C=C12. The third-order valence-electron chi connectivity index (χ3n) is 8.16. The van der Waals surface area contributed by atoms with Crippen LogP contribution in [0.5, 0.6) is 0 Å². The van der Waals surface area contributed by atoms with E-state index in [4.69, 9.17) is 4.74 Å². The second kappa shape index (κ2) is 8.55. The van der Waals surface area contributed by atoms with Crippen LogP contribution in [0.1, 0.15) is 51.5 Å². The minimum absolute atomic E-state index is 0.00439. The number of ether oxygens (including phenoxy) is 1. The third kappa shape index (κ3) is 4.25. The molecule has 1 N–H and O–H groups in total. The van der Waals surface area contributed by atoms with Gasteiger partial charge in [-0.15, -0.1) is 0 Å². The van der Waals surface area contributed by atoms with Crippen molar-refractivity contribution < 1.29 is 9.53 Å². The fourth-order valence-electron chi connectivity index (χ4n) is 6.29. The highest BCUT2D eigenvalue weighted by atomic mass is 16.6. The summed E-state index contributed by atoms with van der Waals surface area (Å²) in [6.45, 7) is 8.59. The Morgan fingerprint density at radius 1 is 1.19 bits per heavy atom. The summed E-state index contributed by atoms with van der Waals surface area (Å²) in [5.74, 6) is 0.187. The molecule has 2 saturated heterocycles. The summed E-state index contributed by atoms with van der Waals surface area (Å²) in [7, 11) is 0. The number of rotatable bonds is 5. The molecule has 4 aliphatic rings. The smallest absolute Gasteiger partial charge is 0.311 e. The first-order valence-electron chi connectivity index (χ1n) is 12.1. The van der Waals surface area contributed by atoms with Crippen molar-refractivity contribution in [1.82, 2.24) is 10.2 Å². The van der Waals surface area contributed by atoms with E-state index in [1.54, 1.807) is 0 Å². The monoisotopic (exact) mass is 420 g/mol. The van der Waals surface area contributed by atoms with Crippen LogP contribution in [0, 0.1) is 17.3 Å². The number of nitrogens with zero attached hydrogens (tertiary/aromatic N) is 1. The van der Waals surface area contributed by atoms with Crippen molar-refractivity contribution in [3.05, 3.63) is 59.2 Å². The van der Waals surface area contributed by atoms with Crippen molar-refractivity contribution in [3.8, 4) is 0 Å². The lowest BCUT2D eigenvalue weighted by Crippen LogP contribution is -2.45. The van der Waals surface area contributed by atoms with Gasteiger partial charge in [-0.3, -0.25) is 9.69 Å². The van der Waals surface area contributed by atoms with E-state index in [0.29, 0.717) is 6.04 Å². The molecule has 2 heterocycles. The number of benzene rings is 1. The van der Waals surface area contributed by atoms with Crippen LogP contribution in [0.2, 0.25) is 0 Å². The van der Waals surface area contributed by atoms with Gasteiger partial charge < -0.3 is 10.1 Å². The normalized spacial score (nSPS) is 33.9. The molecule has 0 aromatic heterocycles. The van der Waals surface area contributed by atoms with Gasteiger partial charge in [0.15, 0.2) is 0 Å². The summed E-state index contributed by atoms with van der Waals surface area (Å²) in [5, 5.41) is 3.73. The van der Waals surface area contributed by atoms with Crippen molar-refractivity contribution in [2.75, 3.05) is 19.6 Å². The molecule has 4 heteroatoms. The van der Waals surface area contributed by atoms with Crippen LogP contribution in [0.3, 0.4) is 0 Å². The van der Waals surface area contributed by atoms with E-state index in [2.05, 4.69) is 66.5 Å². The van der Waals surface area contributed by atoms with E-state index in [-0.39, 0.29) is 29.3 Å². The number of carbonyl (C=O) groups excluding carboxylic acids is 1. The summed E-state index contributed by atoms with van der Waals surface area (Å²) in [4.78, 5) is 15.3. The van der Waals surface area contributed by atoms with Crippen molar-refractivity contribution in [3.63, 3.8) is 0 Å². The van der Waals surface area contributed by atoms with Gasteiger partial charge >= 0.3 is 5.97 Å². The first kappa shape index (κ1) is 21.0. The summed E-state index contributed by atoms with van der Waals surface area (Å²) < 4.78 is 5.90. The Labute approximate surface area is 186 Å². The quantitative estimate of drug-likeness (QED) is 0.714. The lowest BCUT2D eigenvalue weighted by Gasteiger charge is -2.43. The van der Waals surface area contributed by atoms with E-state index < -0.39 is 0 Å². The van der Waals surface area contributed by atoms with Crippen molar-refractivity contribution in [2.45, 2.75) is 64.6 Å². The maximum Gasteiger partial charge on any atom is 0.311 e. The molecule has 5 rings (SSSR count). The summed E-state index contributed by atoms with van der Waals surface area (Å²) in [6, 6.07) is 11.2. The number of likely N-dealkylation sites (tertiary alicyclic amines) is 1. The second-order valence-electron chi connectivity index (χ2n) is 10.4. The van der Waals surface area contributed by atoms with Gasteiger partial charge in [0, 0.05) is 25.0 Å². The Kier molecular flexibility index (Phi) is 5.78. The Bertz CT molecular complexity index is 868. The van der Waals surface area contributed by atoms with Gasteiger partial charge in [0.1, 0.15) is 6.10 Å². The van der Waals surface area contributed by atoms with E-state index in [1.165, 1.54) is 23.1 Å². The molecule has 1 aromatic carbocycles. The van der Waals surface area contributed by atoms with Gasteiger partial charge in [0.2, 0.25) is 0 Å². The molecule has 0 spiro atoms. The zero-order chi connectivity index (χ0) is 21.4. The molecule has 4 unspecified atom stereocenters. The molecule has 0 radical (unpaired) electrons. The Hall–Kier alpha value is -1.91. The third-order valence-corrected chi connectivity index (χ3v) is 8.16. The highest BCUT2D eigenvalue weighted by Gasteiger charge is 2.50. The summed E-state index contributed by atoms with van der Waals surface area (Å²) in [5.41, 5.74) is 4.44. The molecule has 0 bridgehead atoms. The maximum atomic E-state index is 12.7. The minimum Gasteiger partial charge on any atom is -0.461 e. The van der Waals surface area contributed by atoms with Crippen LogP contribution in [-0.4, -0.2) is 42.6 Å². The first-order valence-corrected chi connectivity index (χ1v) is 12.1. The number of fused-ring (bicyclic) bond motifs is 2. The average Bonchev–Trinajstić information content (AvgIpc) is 3.06. The maximum absolute atomic E-state index is 12.7. The van der Waals surface area contributed by atoms with E-state index in [9.17, 15) is 4.79 Å². The fraction of sp³-hybridized carbons (Fsp3) is 0.593. The second-order valence-corrected chi connectivity index (χ2v) is 10.4. The lowest BCUT2D eigenvalue weighted by atomic mass is 9.62. The average molecular weight is 421 g/mol. The van der Waals surface area contributed by atoms with Crippen LogP contribution >= 0.6 is 0 Å². The number of piperidine rings is 1. The van der Waals surface area contributed by atoms with Gasteiger partial charge in [0.25, 0.3) is 0 Å². The Balaban J connectivity index is 1.17. The van der Waals surface area contributed by atoms with Crippen LogP contribution in [0.15, 0.2) is 53.6 Å². The predicted molar refractivity (Wildman–Crippen MR) is 123 cm³/mol. The zero-order valence-electron chi connectivity index (χ0n) is 19.0. The van der Waals surface area contributed by atoms with Crippen LogP contribution in [0.4, 0.5) is 0 Å². The van der Waals surface area contributed by atoms with Crippen molar-refractivity contribution in [2.24, 2.45) is 17.3 Å². The molecule has 2 fully saturated rings. The first-order chi connectivity index (χ1) is 15.0. The molecule has 4 atom stereocenters. The number of esters is 1. The number of hydrogen-bond acceptors (Lipinski definition) is 4. The van der Waals surface area contributed by atoms with Gasteiger partial charge in [0.05, 0.1) is 5.92 Å². The fourth-order valence-corrected chi connectivity index (χ4v) is 6.29. The van der Waals surface area contributed by atoms with Gasteiger partial charge in [-0.1, -0.05) is 55.0 Å².